The molecule has 3 heterocycles. The summed E-state index contributed by atoms with van der Waals surface area (Å²) in [6.45, 7) is 4.20. The van der Waals surface area contributed by atoms with Crippen LogP contribution in [0.1, 0.15) is 80.8 Å². The minimum Gasteiger partial charge on any atom is -0.381 e. The highest BCUT2D eigenvalue weighted by molar-refractivity contribution is 6.03. The number of anilines is 1. The summed E-state index contributed by atoms with van der Waals surface area (Å²) >= 11 is 0. The van der Waals surface area contributed by atoms with E-state index in [1.807, 2.05) is 6.92 Å². The van der Waals surface area contributed by atoms with Crippen LogP contribution in [0.25, 0.3) is 16.9 Å². The molecule has 3 aromatic heterocycles. The van der Waals surface area contributed by atoms with Crippen LogP contribution in [0.15, 0.2) is 24.5 Å². The third kappa shape index (κ3) is 4.27. The van der Waals surface area contributed by atoms with Gasteiger partial charge in [0, 0.05) is 23.9 Å². The van der Waals surface area contributed by atoms with E-state index in [-0.39, 0.29) is 28.6 Å². The number of halogens is 1. The molecule has 0 aliphatic heterocycles. The fourth-order valence-electron chi connectivity index (χ4n) is 3.88. The maximum Gasteiger partial charge on any atom is 0.256 e. The fourth-order valence-corrected chi connectivity index (χ4v) is 3.88. The van der Waals surface area contributed by atoms with Crippen molar-refractivity contribution >= 4 is 17.4 Å². The van der Waals surface area contributed by atoms with Gasteiger partial charge in [-0.25, -0.2) is 13.9 Å². The summed E-state index contributed by atoms with van der Waals surface area (Å²) in [6.07, 6.45) is 10.3. The molecule has 7 nitrogen and oxygen atoms in total. The Bertz CT molecular complexity index is 1020. The first-order chi connectivity index (χ1) is 14.5. The quantitative estimate of drug-likeness (QED) is 0.477. The van der Waals surface area contributed by atoms with Gasteiger partial charge in [-0.2, -0.15) is 0 Å². The van der Waals surface area contributed by atoms with Crippen molar-refractivity contribution in [2.24, 2.45) is 5.73 Å². The third-order valence-electron chi connectivity index (χ3n) is 5.48. The number of hydrogen-bond donors (Lipinski definition) is 2. The lowest BCUT2D eigenvalue weighted by Crippen LogP contribution is -2.15. The molecule has 1 unspecified atom stereocenters. The summed E-state index contributed by atoms with van der Waals surface area (Å²) in [5.74, 6) is -1.34. The lowest BCUT2D eigenvalue weighted by atomic mass is 9.93. The molecule has 160 valence electrons. The van der Waals surface area contributed by atoms with Gasteiger partial charge >= 0.3 is 0 Å². The Labute approximate surface area is 175 Å². The van der Waals surface area contributed by atoms with Crippen molar-refractivity contribution in [1.82, 2.24) is 19.6 Å². The Kier molecular flexibility index (Phi) is 6.97. The van der Waals surface area contributed by atoms with Gasteiger partial charge in [-0.05, 0) is 25.0 Å². The predicted molar refractivity (Wildman–Crippen MR) is 116 cm³/mol. The molecule has 3 aromatic rings. The zero-order valence-corrected chi connectivity index (χ0v) is 17.6. The fraction of sp³-hybridized carbons (Fsp3) is 0.455. The molecule has 0 bridgehead atoms. The molecular formula is C22H29FN6O. The molecule has 0 aliphatic carbocycles. The van der Waals surface area contributed by atoms with Crippen LogP contribution in [-0.4, -0.2) is 25.5 Å². The Morgan fingerprint density at radius 2 is 2.00 bits per heavy atom. The van der Waals surface area contributed by atoms with Crippen LogP contribution < -0.4 is 11.5 Å². The van der Waals surface area contributed by atoms with Gasteiger partial charge in [-0.15, -0.1) is 5.10 Å². The van der Waals surface area contributed by atoms with E-state index in [0.717, 1.165) is 25.7 Å². The highest BCUT2D eigenvalue weighted by Gasteiger charge is 2.27. The standard InChI is InChI=1S/C22H29FN6O/c1-3-5-6-7-8-10-14(4-2)19-17(23)18(15-11-9-12-26-13-15)27-22-16(21(25)30)20(24)28-29(19)22/h9,11-14H,3-8,10H2,1-2H3,(H2,24,28)(H2,25,30). The second-order valence-corrected chi connectivity index (χ2v) is 7.57. The van der Waals surface area contributed by atoms with Crippen molar-refractivity contribution in [3.05, 3.63) is 41.6 Å². The van der Waals surface area contributed by atoms with E-state index in [1.165, 1.54) is 23.8 Å². The summed E-state index contributed by atoms with van der Waals surface area (Å²) in [4.78, 5) is 20.5. The van der Waals surface area contributed by atoms with E-state index >= 15 is 4.39 Å². The Hall–Kier alpha value is -3.03. The molecular weight excluding hydrogens is 383 g/mol. The SMILES string of the molecule is CCCCCCCC(CC)c1c(F)c(-c2cccnc2)nc2c(C(N)=O)c(N)nn12. The molecule has 8 heteroatoms. The first-order valence-corrected chi connectivity index (χ1v) is 10.6. The number of nitrogens with zero attached hydrogens (tertiary/aromatic N) is 4. The minimum atomic E-state index is -0.739. The van der Waals surface area contributed by atoms with Crippen LogP contribution in [0.2, 0.25) is 0 Å². The van der Waals surface area contributed by atoms with E-state index < -0.39 is 11.7 Å². The van der Waals surface area contributed by atoms with Gasteiger partial charge in [0.05, 0.1) is 5.69 Å². The summed E-state index contributed by atoms with van der Waals surface area (Å²) in [7, 11) is 0. The number of amides is 1. The van der Waals surface area contributed by atoms with E-state index in [1.54, 1.807) is 24.5 Å². The number of primary amides is 1. The summed E-state index contributed by atoms with van der Waals surface area (Å²) < 4.78 is 17.2. The molecule has 0 aromatic carbocycles. The molecule has 0 aliphatic rings. The van der Waals surface area contributed by atoms with Crippen LogP contribution in [0.4, 0.5) is 10.2 Å². The number of unbranched alkanes of at least 4 members (excludes halogenated alkanes) is 4. The number of nitrogens with two attached hydrogens (primary N) is 2. The third-order valence-corrected chi connectivity index (χ3v) is 5.48. The Balaban J connectivity index is 2.14. The number of aromatic nitrogens is 4. The van der Waals surface area contributed by atoms with Gasteiger partial charge in [0.25, 0.3) is 5.91 Å². The molecule has 0 radical (unpaired) electrons. The van der Waals surface area contributed by atoms with E-state index in [0.29, 0.717) is 11.3 Å². The monoisotopic (exact) mass is 412 g/mol. The first-order valence-electron chi connectivity index (χ1n) is 10.6. The van der Waals surface area contributed by atoms with Crippen molar-refractivity contribution in [2.75, 3.05) is 5.73 Å². The number of pyridine rings is 1. The van der Waals surface area contributed by atoms with Crippen molar-refractivity contribution in [1.29, 1.82) is 0 Å². The average molecular weight is 413 g/mol. The van der Waals surface area contributed by atoms with Gasteiger partial charge in [-0.1, -0.05) is 46.0 Å². The maximum absolute atomic E-state index is 15.8. The predicted octanol–water partition coefficient (Wildman–Crippen LogP) is 4.47. The van der Waals surface area contributed by atoms with E-state index in [9.17, 15) is 4.79 Å². The lowest BCUT2D eigenvalue weighted by Gasteiger charge is -2.19. The average Bonchev–Trinajstić information content (AvgIpc) is 3.07. The molecule has 1 atom stereocenters. The topological polar surface area (TPSA) is 112 Å². The summed E-state index contributed by atoms with van der Waals surface area (Å²) in [5.41, 5.74) is 12.7. The van der Waals surface area contributed by atoms with Gasteiger partial charge in [0.1, 0.15) is 11.3 Å². The van der Waals surface area contributed by atoms with Gasteiger partial charge < -0.3 is 11.5 Å². The highest BCUT2D eigenvalue weighted by atomic mass is 19.1. The second kappa shape index (κ2) is 9.65. The maximum atomic E-state index is 15.8. The molecule has 4 N–H and O–H groups in total. The number of fused-ring (bicyclic) bond motifs is 1. The van der Waals surface area contributed by atoms with Crippen LogP contribution in [0, 0.1) is 5.82 Å². The molecule has 0 saturated carbocycles. The van der Waals surface area contributed by atoms with Crippen LogP contribution in [0.5, 0.6) is 0 Å². The van der Waals surface area contributed by atoms with Gasteiger partial charge in [0.15, 0.2) is 17.3 Å². The number of hydrogen-bond acceptors (Lipinski definition) is 5. The van der Waals surface area contributed by atoms with Crippen molar-refractivity contribution < 1.29 is 9.18 Å². The largest absolute Gasteiger partial charge is 0.381 e. The number of rotatable bonds is 10. The van der Waals surface area contributed by atoms with E-state index in [2.05, 4.69) is 22.0 Å². The first kappa shape index (κ1) is 21.7. The Morgan fingerprint density at radius 1 is 1.23 bits per heavy atom. The van der Waals surface area contributed by atoms with Gasteiger partial charge in [0.2, 0.25) is 0 Å². The minimum absolute atomic E-state index is 0.0131. The molecule has 0 saturated heterocycles. The van der Waals surface area contributed by atoms with Crippen LogP contribution in [-0.2, 0) is 0 Å². The molecule has 0 fully saturated rings. The normalized spacial score (nSPS) is 12.4. The van der Waals surface area contributed by atoms with Crippen molar-refractivity contribution in [3.8, 4) is 11.3 Å². The zero-order chi connectivity index (χ0) is 21.7. The number of carbonyl (C=O) groups is 1. The Morgan fingerprint density at radius 3 is 2.63 bits per heavy atom. The summed E-state index contributed by atoms with van der Waals surface area (Å²) in [5, 5.41) is 4.23. The van der Waals surface area contributed by atoms with Crippen LogP contribution >= 0.6 is 0 Å². The number of carbonyl (C=O) groups excluding carboxylic acids is 1. The highest BCUT2D eigenvalue weighted by Crippen LogP contribution is 2.34. The smallest absolute Gasteiger partial charge is 0.256 e. The number of nitrogen functional groups attached to an aromatic ring is 1. The second-order valence-electron chi connectivity index (χ2n) is 7.57. The van der Waals surface area contributed by atoms with Gasteiger partial charge in [-0.3, -0.25) is 9.78 Å². The summed E-state index contributed by atoms with van der Waals surface area (Å²) in [6, 6.07) is 3.44. The van der Waals surface area contributed by atoms with Crippen molar-refractivity contribution in [3.63, 3.8) is 0 Å². The molecule has 30 heavy (non-hydrogen) atoms. The molecule has 1 amide bonds. The van der Waals surface area contributed by atoms with Crippen LogP contribution in [0.3, 0.4) is 0 Å². The zero-order valence-electron chi connectivity index (χ0n) is 17.6. The lowest BCUT2D eigenvalue weighted by molar-refractivity contribution is 0.100. The molecule has 0 spiro atoms. The molecule has 3 rings (SSSR count). The van der Waals surface area contributed by atoms with Crippen molar-refractivity contribution in [2.45, 2.75) is 64.7 Å². The van der Waals surface area contributed by atoms with E-state index in [4.69, 9.17) is 11.5 Å².